The highest BCUT2D eigenvalue weighted by Crippen LogP contribution is 2.19. The van der Waals surface area contributed by atoms with Crippen LogP contribution in [0, 0.1) is 0 Å². The number of aliphatic hydroxyl groups is 2. The minimum atomic E-state index is -1.01. The molecule has 0 aromatic rings. The summed E-state index contributed by atoms with van der Waals surface area (Å²) < 4.78 is 0. The molecule has 0 unspecified atom stereocenters. The van der Waals surface area contributed by atoms with Gasteiger partial charge in [-0.25, -0.2) is 0 Å². The Bertz CT molecular complexity index is 244. The van der Waals surface area contributed by atoms with Crippen molar-refractivity contribution in [3.63, 3.8) is 0 Å². The second-order valence-electron chi connectivity index (χ2n) is 4.67. The highest BCUT2D eigenvalue weighted by molar-refractivity contribution is 6.23. The van der Waals surface area contributed by atoms with E-state index in [-0.39, 0.29) is 0 Å². The second kappa shape index (κ2) is 6.61. The van der Waals surface area contributed by atoms with Crippen LogP contribution >= 0.6 is 0 Å². The van der Waals surface area contributed by atoms with Crippen molar-refractivity contribution >= 4 is 7.85 Å². The zero-order valence-electron chi connectivity index (χ0n) is 10.8. The summed E-state index contributed by atoms with van der Waals surface area (Å²) in [5, 5.41) is 18.2. The van der Waals surface area contributed by atoms with E-state index in [1.807, 2.05) is 0 Å². The topological polar surface area (TPSA) is 92.5 Å². The van der Waals surface area contributed by atoms with Crippen LogP contribution in [-0.2, 0) is 0 Å². The van der Waals surface area contributed by atoms with E-state index >= 15 is 0 Å². The Balaban J connectivity index is 0. The van der Waals surface area contributed by atoms with Gasteiger partial charge < -0.3 is 21.7 Å². The monoisotopic (exact) mass is 226 g/mol. The van der Waals surface area contributed by atoms with E-state index in [0.717, 1.165) is 0 Å². The van der Waals surface area contributed by atoms with Crippen LogP contribution in [0.25, 0.3) is 0 Å². The second-order valence-corrected chi connectivity index (χ2v) is 4.67. The molecule has 0 saturated carbocycles. The van der Waals surface area contributed by atoms with Crippen molar-refractivity contribution in [2.24, 2.45) is 11.5 Å². The van der Waals surface area contributed by atoms with E-state index in [9.17, 15) is 0 Å². The number of rotatable bonds is 2. The molecule has 0 saturated heterocycles. The van der Waals surface area contributed by atoms with Crippen LogP contribution in [0.4, 0.5) is 0 Å². The molecule has 0 aliphatic rings. The fourth-order valence-corrected chi connectivity index (χ4v) is 0.311. The molecule has 0 aromatic heterocycles. The fraction of sp³-hybridized carbons (Fsp3) is 0.636. The molecule has 6 N–H and O–H groups in total. The summed E-state index contributed by atoms with van der Waals surface area (Å²) in [6.07, 6.45) is 2.90. The lowest BCUT2D eigenvalue weighted by atomic mass is 9.90. The number of nitrogens with two attached hydrogens (primary N) is 2. The van der Waals surface area contributed by atoms with Gasteiger partial charge in [-0.1, -0.05) is 5.47 Å². The van der Waals surface area contributed by atoms with Crippen molar-refractivity contribution < 1.29 is 10.2 Å². The van der Waals surface area contributed by atoms with Gasteiger partial charge in [-0.3, -0.25) is 0 Å². The summed E-state index contributed by atoms with van der Waals surface area (Å²) in [4.78, 5) is 0. The maximum absolute atomic E-state index is 9.10. The van der Waals surface area contributed by atoms with E-state index in [1.54, 1.807) is 40.7 Å². The van der Waals surface area contributed by atoms with Gasteiger partial charge in [-0.05, 0) is 46.9 Å². The molecule has 0 heterocycles. The lowest BCUT2D eigenvalue weighted by Gasteiger charge is -2.31. The highest BCUT2D eigenvalue weighted by atomic mass is 16.3. The Labute approximate surface area is 99.4 Å². The first-order valence-electron chi connectivity index (χ1n) is 4.97. The summed E-state index contributed by atoms with van der Waals surface area (Å²) in [5.74, 6) is 0. The summed E-state index contributed by atoms with van der Waals surface area (Å²) in [6.45, 7) is 8.05. The SMILES string of the molecule is CC(C)(O)C(C)(C)O.[B]C(/C=C(/C)N)=C/N. The van der Waals surface area contributed by atoms with Gasteiger partial charge in [-0.2, -0.15) is 0 Å². The summed E-state index contributed by atoms with van der Waals surface area (Å²) in [5.41, 5.74) is 9.42. The van der Waals surface area contributed by atoms with E-state index in [4.69, 9.17) is 29.5 Å². The molecule has 4 nitrogen and oxygen atoms in total. The molecule has 0 aliphatic heterocycles. The predicted octanol–water partition coefficient (Wildman–Crippen LogP) is 0.346. The highest BCUT2D eigenvalue weighted by Gasteiger charge is 2.31. The van der Waals surface area contributed by atoms with Crippen LogP contribution < -0.4 is 11.5 Å². The number of hydrogen-bond donors (Lipinski definition) is 4. The Hall–Kier alpha value is -0.935. The first-order chi connectivity index (χ1) is 6.91. The Morgan fingerprint density at radius 2 is 1.44 bits per heavy atom. The van der Waals surface area contributed by atoms with Gasteiger partial charge in [0.1, 0.15) is 7.85 Å². The van der Waals surface area contributed by atoms with Gasteiger partial charge >= 0.3 is 0 Å². The summed E-state index contributed by atoms with van der Waals surface area (Å²) >= 11 is 0. The molecule has 0 fully saturated rings. The molecule has 0 aromatic carbocycles. The molecule has 0 bridgehead atoms. The van der Waals surface area contributed by atoms with Crippen LogP contribution in [0.1, 0.15) is 34.6 Å². The number of allylic oxidation sites excluding steroid dienone is 3. The fourth-order valence-electron chi connectivity index (χ4n) is 0.311. The van der Waals surface area contributed by atoms with Crippen molar-refractivity contribution in [2.45, 2.75) is 45.8 Å². The first kappa shape index (κ1) is 17.5. The van der Waals surface area contributed by atoms with Crippen LogP contribution in [0.15, 0.2) is 23.4 Å². The van der Waals surface area contributed by atoms with Crippen molar-refractivity contribution in [2.75, 3.05) is 0 Å². The van der Waals surface area contributed by atoms with Gasteiger partial charge in [0.25, 0.3) is 0 Å². The third-order valence-electron chi connectivity index (χ3n) is 2.08. The van der Waals surface area contributed by atoms with E-state index in [1.165, 1.54) is 6.20 Å². The molecule has 0 aliphatic carbocycles. The zero-order valence-corrected chi connectivity index (χ0v) is 10.8. The Kier molecular flexibility index (Phi) is 7.21. The molecule has 0 rings (SSSR count). The lowest BCUT2D eigenvalue weighted by Crippen LogP contribution is -2.44. The molecule has 2 radical (unpaired) electrons. The minimum Gasteiger partial charge on any atom is -0.405 e. The average Bonchev–Trinajstić information content (AvgIpc) is 2.00. The van der Waals surface area contributed by atoms with Crippen LogP contribution in [-0.4, -0.2) is 29.3 Å². The smallest absolute Gasteiger partial charge is 0.115 e. The van der Waals surface area contributed by atoms with Crippen LogP contribution in [0.5, 0.6) is 0 Å². The quantitative estimate of drug-likeness (QED) is 0.403. The van der Waals surface area contributed by atoms with Gasteiger partial charge in [0.2, 0.25) is 0 Å². The van der Waals surface area contributed by atoms with Gasteiger partial charge in [0.05, 0.1) is 11.2 Å². The van der Waals surface area contributed by atoms with Gasteiger partial charge in [0.15, 0.2) is 0 Å². The molecule has 5 heteroatoms. The minimum absolute atomic E-state index is 0.491. The molecule has 0 amide bonds. The van der Waals surface area contributed by atoms with Crippen molar-refractivity contribution in [3.05, 3.63) is 23.4 Å². The predicted molar refractivity (Wildman–Crippen MR) is 68.6 cm³/mol. The van der Waals surface area contributed by atoms with Gasteiger partial charge in [0, 0.05) is 5.70 Å². The third kappa shape index (κ3) is 9.61. The molecule has 0 atom stereocenters. The first-order valence-corrected chi connectivity index (χ1v) is 4.97. The van der Waals surface area contributed by atoms with Crippen LogP contribution in [0.3, 0.4) is 0 Å². The Morgan fingerprint density at radius 3 is 1.50 bits per heavy atom. The zero-order chi connectivity index (χ0) is 13.6. The average molecular weight is 226 g/mol. The lowest BCUT2D eigenvalue weighted by molar-refractivity contribution is -0.107. The summed E-state index contributed by atoms with van der Waals surface area (Å²) in [7, 11) is 5.25. The molecule has 92 valence electrons. The Morgan fingerprint density at radius 1 is 1.12 bits per heavy atom. The largest absolute Gasteiger partial charge is 0.405 e. The van der Waals surface area contributed by atoms with Crippen molar-refractivity contribution in [3.8, 4) is 0 Å². The molecule has 16 heavy (non-hydrogen) atoms. The van der Waals surface area contributed by atoms with Crippen molar-refractivity contribution in [1.29, 1.82) is 0 Å². The third-order valence-corrected chi connectivity index (χ3v) is 2.08. The van der Waals surface area contributed by atoms with Crippen LogP contribution in [0.2, 0.25) is 0 Å². The van der Waals surface area contributed by atoms with E-state index in [0.29, 0.717) is 11.2 Å². The normalized spacial score (nSPS) is 14.2. The molecular weight excluding hydrogens is 203 g/mol. The summed E-state index contributed by atoms with van der Waals surface area (Å²) in [6, 6.07) is 0. The van der Waals surface area contributed by atoms with E-state index < -0.39 is 11.2 Å². The molecule has 0 spiro atoms. The molecular formula is C11H23BN2O2. The maximum atomic E-state index is 9.10. The standard InChI is InChI=1S/C6H14O2.C5H9BN2/c1-5(2,7)6(3,4)8;1-4(8)2-5(6)3-7/h7-8H,1-4H3;2-3H,7-8H2,1H3/b;4-2-,5-3+. The maximum Gasteiger partial charge on any atom is 0.115 e. The van der Waals surface area contributed by atoms with Crippen molar-refractivity contribution in [1.82, 2.24) is 0 Å². The number of hydrogen-bond acceptors (Lipinski definition) is 4. The van der Waals surface area contributed by atoms with Gasteiger partial charge in [-0.15, -0.1) is 0 Å². The van der Waals surface area contributed by atoms with E-state index in [2.05, 4.69) is 0 Å².